The average molecular weight is 232 g/mol. The quantitative estimate of drug-likeness (QED) is 0.795. The summed E-state index contributed by atoms with van der Waals surface area (Å²) in [6.45, 7) is 4.88. The summed E-state index contributed by atoms with van der Waals surface area (Å²) < 4.78 is 6.99. The maximum Gasteiger partial charge on any atom is 0.155 e. The average Bonchev–Trinajstić information content (AvgIpc) is 2.61. The van der Waals surface area contributed by atoms with Gasteiger partial charge in [-0.1, -0.05) is 0 Å². The lowest BCUT2D eigenvalue weighted by atomic mass is 10.0. The van der Waals surface area contributed by atoms with E-state index in [1.54, 1.807) is 7.11 Å². The predicted molar refractivity (Wildman–Crippen MR) is 65.3 cm³/mol. The Morgan fingerprint density at radius 2 is 2.24 bits per heavy atom. The number of hydrogen-bond acceptors (Lipinski definition) is 4. The van der Waals surface area contributed by atoms with Crippen molar-refractivity contribution in [2.45, 2.75) is 6.92 Å². The summed E-state index contributed by atoms with van der Waals surface area (Å²) in [5, 5.41) is 4.32. The highest BCUT2D eigenvalue weighted by atomic mass is 16.5. The summed E-state index contributed by atoms with van der Waals surface area (Å²) >= 11 is 0. The van der Waals surface area contributed by atoms with Crippen LogP contribution in [-0.2, 0) is 4.74 Å². The zero-order chi connectivity index (χ0) is 11.8. The van der Waals surface area contributed by atoms with Gasteiger partial charge in [-0.05, 0) is 19.1 Å². The van der Waals surface area contributed by atoms with Gasteiger partial charge in [0.2, 0.25) is 0 Å². The minimum Gasteiger partial charge on any atom is -0.384 e. The van der Waals surface area contributed by atoms with Crippen molar-refractivity contribution in [1.82, 2.24) is 14.6 Å². The van der Waals surface area contributed by atoms with Gasteiger partial charge in [-0.3, -0.25) is 0 Å². The lowest BCUT2D eigenvalue weighted by molar-refractivity contribution is 0.137. The van der Waals surface area contributed by atoms with Crippen molar-refractivity contribution in [2.24, 2.45) is 5.92 Å². The van der Waals surface area contributed by atoms with Crippen LogP contribution < -0.4 is 4.90 Å². The lowest BCUT2D eigenvalue weighted by Gasteiger charge is -2.40. The fraction of sp³-hybridized carbons (Fsp3) is 0.500. The second-order valence-corrected chi connectivity index (χ2v) is 4.58. The molecule has 0 atom stereocenters. The molecule has 0 aliphatic carbocycles. The Morgan fingerprint density at radius 3 is 3.00 bits per heavy atom. The molecule has 0 N–H and O–H groups in total. The van der Waals surface area contributed by atoms with Crippen molar-refractivity contribution in [1.29, 1.82) is 0 Å². The van der Waals surface area contributed by atoms with Gasteiger partial charge in [0.1, 0.15) is 5.82 Å². The first-order valence-electron chi connectivity index (χ1n) is 5.83. The van der Waals surface area contributed by atoms with Crippen LogP contribution in [0.1, 0.15) is 5.82 Å². The van der Waals surface area contributed by atoms with E-state index in [4.69, 9.17) is 4.74 Å². The number of hydrogen-bond donors (Lipinski definition) is 0. The fourth-order valence-electron chi connectivity index (χ4n) is 2.29. The van der Waals surface area contributed by atoms with Crippen LogP contribution in [0.15, 0.2) is 18.3 Å². The van der Waals surface area contributed by atoms with Gasteiger partial charge in [0, 0.05) is 26.1 Å². The molecule has 2 aromatic heterocycles. The number of methoxy groups -OCH3 is 1. The van der Waals surface area contributed by atoms with Gasteiger partial charge in [-0.15, -0.1) is 0 Å². The summed E-state index contributed by atoms with van der Waals surface area (Å²) in [7, 11) is 1.76. The van der Waals surface area contributed by atoms with Crippen molar-refractivity contribution in [3.05, 3.63) is 24.2 Å². The van der Waals surface area contributed by atoms with E-state index in [0.717, 1.165) is 31.2 Å². The molecule has 0 radical (unpaired) electrons. The Labute approximate surface area is 100 Å². The van der Waals surface area contributed by atoms with E-state index in [1.165, 1.54) is 5.69 Å². The van der Waals surface area contributed by atoms with Crippen LogP contribution in [0.3, 0.4) is 0 Å². The molecule has 0 spiro atoms. The molecule has 90 valence electrons. The van der Waals surface area contributed by atoms with Crippen molar-refractivity contribution in [2.75, 3.05) is 31.7 Å². The van der Waals surface area contributed by atoms with E-state index >= 15 is 0 Å². The number of ether oxygens (including phenoxy) is 1. The normalized spacial score (nSPS) is 16.5. The molecule has 0 saturated carbocycles. The van der Waals surface area contributed by atoms with E-state index in [0.29, 0.717) is 5.92 Å². The second-order valence-electron chi connectivity index (χ2n) is 4.58. The Morgan fingerprint density at radius 1 is 1.41 bits per heavy atom. The minimum absolute atomic E-state index is 0.660. The Bertz CT molecular complexity index is 530. The maximum absolute atomic E-state index is 5.15. The predicted octanol–water partition coefficient (Wildman–Crippen LogP) is 1.12. The SMILES string of the molecule is COCC1CN(c2ccc3nc(C)nn3c2)C1. The zero-order valence-electron chi connectivity index (χ0n) is 10.1. The number of aryl methyl sites for hydroxylation is 1. The molecule has 0 amide bonds. The Balaban J connectivity index is 1.78. The molecule has 1 aliphatic heterocycles. The first kappa shape index (κ1) is 10.5. The maximum atomic E-state index is 5.15. The third kappa shape index (κ3) is 1.86. The van der Waals surface area contributed by atoms with Gasteiger partial charge in [-0.2, -0.15) is 5.10 Å². The van der Waals surface area contributed by atoms with Crippen LogP contribution in [0.2, 0.25) is 0 Å². The Kier molecular flexibility index (Phi) is 2.48. The lowest BCUT2D eigenvalue weighted by Crippen LogP contribution is -2.48. The number of fused-ring (bicyclic) bond motifs is 1. The van der Waals surface area contributed by atoms with Crippen LogP contribution in [-0.4, -0.2) is 41.4 Å². The van der Waals surface area contributed by atoms with Crippen LogP contribution in [0.4, 0.5) is 5.69 Å². The smallest absolute Gasteiger partial charge is 0.155 e. The van der Waals surface area contributed by atoms with Gasteiger partial charge in [0.25, 0.3) is 0 Å². The third-order valence-electron chi connectivity index (χ3n) is 3.15. The van der Waals surface area contributed by atoms with Gasteiger partial charge in [-0.25, -0.2) is 9.50 Å². The summed E-state index contributed by atoms with van der Waals surface area (Å²) in [6, 6.07) is 4.12. The Hall–Kier alpha value is -1.62. The zero-order valence-corrected chi connectivity index (χ0v) is 10.1. The van der Waals surface area contributed by atoms with Gasteiger partial charge >= 0.3 is 0 Å². The molecule has 5 heteroatoms. The molecule has 3 rings (SSSR count). The molecule has 3 heterocycles. The largest absolute Gasteiger partial charge is 0.384 e. The molecule has 1 saturated heterocycles. The fourth-order valence-corrected chi connectivity index (χ4v) is 2.29. The number of rotatable bonds is 3. The molecule has 0 aromatic carbocycles. The second kappa shape index (κ2) is 4.00. The molecule has 2 aromatic rings. The summed E-state index contributed by atoms with van der Waals surface area (Å²) in [5.74, 6) is 1.47. The van der Waals surface area contributed by atoms with Crippen molar-refractivity contribution in [3.63, 3.8) is 0 Å². The number of aromatic nitrogens is 3. The molecule has 1 fully saturated rings. The molecule has 17 heavy (non-hydrogen) atoms. The van der Waals surface area contributed by atoms with Crippen LogP contribution in [0.5, 0.6) is 0 Å². The van der Waals surface area contributed by atoms with E-state index in [2.05, 4.69) is 21.0 Å². The first-order valence-corrected chi connectivity index (χ1v) is 5.83. The van der Waals surface area contributed by atoms with Crippen molar-refractivity contribution in [3.8, 4) is 0 Å². The highest BCUT2D eigenvalue weighted by molar-refractivity contribution is 5.52. The first-order chi connectivity index (χ1) is 8.26. The van der Waals surface area contributed by atoms with Gasteiger partial charge < -0.3 is 9.64 Å². The van der Waals surface area contributed by atoms with Crippen LogP contribution >= 0.6 is 0 Å². The molecular formula is C12H16N4O. The van der Waals surface area contributed by atoms with Gasteiger partial charge in [0.05, 0.1) is 18.5 Å². The summed E-state index contributed by atoms with van der Waals surface area (Å²) in [4.78, 5) is 6.65. The molecule has 0 bridgehead atoms. The summed E-state index contributed by atoms with van der Waals surface area (Å²) in [5.41, 5.74) is 2.11. The van der Waals surface area contributed by atoms with Crippen LogP contribution in [0, 0.1) is 12.8 Å². The minimum atomic E-state index is 0.660. The highest BCUT2D eigenvalue weighted by Gasteiger charge is 2.26. The molecule has 1 aliphatic rings. The number of anilines is 1. The van der Waals surface area contributed by atoms with E-state index < -0.39 is 0 Å². The van der Waals surface area contributed by atoms with Crippen LogP contribution in [0.25, 0.3) is 5.65 Å². The molecular weight excluding hydrogens is 216 g/mol. The molecule has 0 unspecified atom stereocenters. The number of nitrogens with zero attached hydrogens (tertiary/aromatic N) is 4. The number of pyridine rings is 1. The topological polar surface area (TPSA) is 42.7 Å². The monoisotopic (exact) mass is 232 g/mol. The third-order valence-corrected chi connectivity index (χ3v) is 3.15. The highest BCUT2D eigenvalue weighted by Crippen LogP contribution is 2.24. The van der Waals surface area contributed by atoms with Crippen molar-refractivity contribution < 1.29 is 4.74 Å². The summed E-state index contributed by atoms with van der Waals surface area (Å²) in [6.07, 6.45) is 2.04. The van der Waals surface area contributed by atoms with E-state index in [-0.39, 0.29) is 0 Å². The van der Waals surface area contributed by atoms with E-state index in [1.807, 2.05) is 23.7 Å². The van der Waals surface area contributed by atoms with E-state index in [9.17, 15) is 0 Å². The standard InChI is InChI=1S/C12H16N4O/c1-9-13-12-4-3-11(7-16(12)14-9)15-5-10(6-15)8-17-2/h3-4,7,10H,5-6,8H2,1-2H3. The van der Waals surface area contributed by atoms with Crippen molar-refractivity contribution >= 4 is 11.3 Å². The molecule has 5 nitrogen and oxygen atoms in total. The van der Waals surface area contributed by atoms with Gasteiger partial charge in [0.15, 0.2) is 5.65 Å².